The number of hydrogen-bond acceptors (Lipinski definition) is 7. The van der Waals surface area contributed by atoms with E-state index in [9.17, 15) is 9.18 Å². The number of carbonyl (C=O) groups is 1. The Morgan fingerprint density at radius 2 is 2.05 bits per heavy atom. The highest BCUT2D eigenvalue weighted by atomic mass is 19.1. The fourth-order valence-electron chi connectivity index (χ4n) is 5.84. The summed E-state index contributed by atoms with van der Waals surface area (Å²) in [5.74, 6) is -0.362. The first kappa shape index (κ1) is 31.2. The molecule has 9 nitrogen and oxygen atoms in total. The van der Waals surface area contributed by atoms with Crippen molar-refractivity contribution in [2.45, 2.75) is 82.8 Å². The van der Waals surface area contributed by atoms with Gasteiger partial charge in [0.15, 0.2) is 0 Å². The SMILES string of the molecule is C=C(NC[C@@H]1CCC[C@H](c2ccc(C)c(F)c2)O1)/C(C)=C(\N=C/N)C(=O)N1CCC(NC2CCOCC2OC)CC1. The number of halogens is 1. The standard InChI is InChI=1S/C31H46FN5O4/c1-20-8-9-23(16-26(20)32)28-7-5-6-25(41-28)17-34-22(3)21(2)30(35-19-33)31(38)37-13-10-24(11-14-37)36-27-12-15-40-18-29(27)39-4/h8-9,16,19,24-25,27-29,34,36H,3,5-7,10-15,17-18H2,1-2,4H3,(H2,33,35)/b30-21-/t25-,27?,28+,29?/m0/s1. The second-order valence-corrected chi connectivity index (χ2v) is 11.3. The molecule has 4 N–H and O–H groups in total. The molecule has 0 bridgehead atoms. The molecule has 0 radical (unpaired) electrons. The first-order chi connectivity index (χ1) is 19.8. The van der Waals surface area contributed by atoms with Crippen LogP contribution in [0.4, 0.5) is 4.39 Å². The molecule has 3 heterocycles. The lowest BCUT2D eigenvalue weighted by Crippen LogP contribution is -2.54. The Bertz CT molecular complexity index is 1120. The summed E-state index contributed by atoms with van der Waals surface area (Å²) in [5.41, 5.74) is 8.68. The lowest BCUT2D eigenvalue weighted by atomic mass is 9.97. The van der Waals surface area contributed by atoms with Gasteiger partial charge in [-0.25, -0.2) is 9.38 Å². The molecule has 2 unspecified atom stereocenters. The largest absolute Gasteiger partial charge is 0.390 e. The Labute approximate surface area is 243 Å². The van der Waals surface area contributed by atoms with Crippen molar-refractivity contribution in [3.8, 4) is 0 Å². The van der Waals surface area contributed by atoms with Crippen LogP contribution in [-0.2, 0) is 19.0 Å². The second-order valence-electron chi connectivity index (χ2n) is 11.3. The monoisotopic (exact) mass is 571 g/mol. The minimum Gasteiger partial charge on any atom is -0.390 e. The van der Waals surface area contributed by atoms with Crippen LogP contribution in [0.3, 0.4) is 0 Å². The molecule has 3 saturated heterocycles. The summed E-state index contributed by atoms with van der Waals surface area (Å²) in [7, 11) is 1.72. The van der Waals surface area contributed by atoms with Gasteiger partial charge < -0.3 is 35.5 Å². The molecule has 3 fully saturated rings. The summed E-state index contributed by atoms with van der Waals surface area (Å²) < 4.78 is 31.5. The molecule has 0 aromatic heterocycles. The highest BCUT2D eigenvalue weighted by Gasteiger charge is 2.31. The normalized spacial score (nSPS) is 26.6. The number of hydrogen-bond donors (Lipinski definition) is 3. The van der Waals surface area contributed by atoms with Gasteiger partial charge in [-0.2, -0.15) is 0 Å². The molecule has 3 aliphatic heterocycles. The van der Waals surface area contributed by atoms with E-state index in [2.05, 4.69) is 22.2 Å². The van der Waals surface area contributed by atoms with Crippen molar-refractivity contribution in [2.24, 2.45) is 10.7 Å². The van der Waals surface area contributed by atoms with E-state index in [1.807, 2.05) is 17.9 Å². The number of rotatable bonds is 10. The maximum absolute atomic E-state index is 14.1. The van der Waals surface area contributed by atoms with Crippen LogP contribution < -0.4 is 16.4 Å². The van der Waals surface area contributed by atoms with E-state index in [4.69, 9.17) is 19.9 Å². The molecular formula is C31H46FN5O4. The van der Waals surface area contributed by atoms with Gasteiger partial charge in [0.25, 0.3) is 5.91 Å². The fourth-order valence-corrected chi connectivity index (χ4v) is 5.84. The van der Waals surface area contributed by atoms with Crippen molar-refractivity contribution in [1.29, 1.82) is 0 Å². The van der Waals surface area contributed by atoms with Crippen molar-refractivity contribution in [2.75, 3.05) is 40.0 Å². The van der Waals surface area contributed by atoms with Crippen molar-refractivity contribution in [1.82, 2.24) is 15.5 Å². The van der Waals surface area contributed by atoms with Crippen LogP contribution in [0, 0.1) is 12.7 Å². The van der Waals surface area contributed by atoms with E-state index in [1.165, 1.54) is 0 Å². The van der Waals surface area contributed by atoms with Crippen LogP contribution in [0.5, 0.6) is 0 Å². The first-order valence-electron chi connectivity index (χ1n) is 14.8. The molecule has 10 heteroatoms. The fraction of sp³-hybridized carbons (Fsp3) is 0.613. The van der Waals surface area contributed by atoms with Gasteiger partial charge in [0, 0.05) is 56.7 Å². The van der Waals surface area contributed by atoms with Gasteiger partial charge in [0.05, 0.1) is 31.3 Å². The number of nitrogens with two attached hydrogens (primary N) is 1. The van der Waals surface area contributed by atoms with Gasteiger partial charge in [-0.05, 0) is 69.6 Å². The van der Waals surface area contributed by atoms with Crippen molar-refractivity contribution >= 4 is 12.2 Å². The summed E-state index contributed by atoms with van der Waals surface area (Å²) in [5, 5.41) is 7.06. The molecule has 1 amide bonds. The summed E-state index contributed by atoms with van der Waals surface area (Å²) in [6.45, 7) is 10.9. The van der Waals surface area contributed by atoms with Crippen LogP contribution in [-0.4, -0.2) is 81.4 Å². The third-order valence-electron chi connectivity index (χ3n) is 8.51. The average Bonchev–Trinajstić information content (AvgIpc) is 3.00. The topological polar surface area (TPSA) is 110 Å². The number of likely N-dealkylation sites (tertiary alicyclic amines) is 1. The number of allylic oxidation sites excluding steroid dienone is 1. The Kier molecular flexibility index (Phi) is 11.3. The first-order valence-corrected chi connectivity index (χ1v) is 14.8. The van der Waals surface area contributed by atoms with Gasteiger partial charge in [-0.1, -0.05) is 18.7 Å². The van der Waals surface area contributed by atoms with E-state index in [-0.39, 0.29) is 41.8 Å². The summed E-state index contributed by atoms with van der Waals surface area (Å²) >= 11 is 0. The third kappa shape index (κ3) is 8.16. The highest BCUT2D eigenvalue weighted by molar-refractivity contribution is 5.95. The number of nitrogens with one attached hydrogen (secondary N) is 2. The van der Waals surface area contributed by atoms with Crippen molar-refractivity contribution in [3.63, 3.8) is 0 Å². The van der Waals surface area contributed by atoms with Crippen LogP contribution in [0.2, 0.25) is 0 Å². The predicted octanol–water partition coefficient (Wildman–Crippen LogP) is 3.49. The van der Waals surface area contributed by atoms with Gasteiger partial charge in [-0.3, -0.25) is 4.79 Å². The van der Waals surface area contributed by atoms with E-state index in [0.717, 1.165) is 57.0 Å². The van der Waals surface area contributed by atoms with Gasteiger partial charge >= 0.3 is 0 Å². The quantitative estimate of drug-likeness (QED) is 0.171. The Morgan fingerprint density at radius 1 is 1.27 bits per heavy atom. The molecule has 0 aliphatic carbocycles. The molecule has 1 aromatic rings. The average molecular weight is 572 g/mol. The number of carbonyl (C=O) groups excluding carboxylic acids is 1. The number of benzene rings is 1. The van der Waals surface area contributed by atoms with Crippen molar-refractivity contribution < 1.29 is 23.4 Å². The zero-order valence-electron chi connectivity index (χ0n) is 24.7. The minimum atomic E-state index is -0.210. The number of ether oxygens (including phenoxy) is 3. The molecule has 41 heavy (non-hydrogen) atoms. The number of aliphatic imine (C=N–C) groups is 1. The minimum absolute atomic E-state index is 0.0495. The van der Waals surface area contributed by atoms with Crippen LogP contribution in [0.1, 0.15) is 62.7 Å². The number of piperidine rings is 1. The second kappa shape index (κ2) is 14.9. The van der Waals surface area contributed by atoms with Gasteiger partial charge in [-0.15, -0.1) is 0 Å². The number of amides is 1. The number of methoxy groups -OCH3 is 1. The Morgan fingerprint density at radius 3 is 2.76 bits per heavy atom. The zero-order chi connectivity index (χ0) is 29.4. The molecule has 3 aliphatic rings. The van der Waals surface area contributed by atoms with E-state index in [0.29, 0.717) is 49.1 Å². The smallest absolute Gasteiger partial charge is 0.272 e. The maximum atomic E-state index is 14.1. The molecule has 1 aromatic carbocycles. The lowest BCUT2D eigenvalue weighted by Gasteiger charge is -2.38. The van der Waals surface area contributed by atoms with Crippen LogP contribution >= 0.6 is 0 Å². The predicted molar refractivity (Wildman–Crippen MR) is 158 cm³/mol. The van der Waals surface area contributed by atoms with Crippen LogP contribution in [0.15, 0.2) is 46.7 Å². The van der Waals surface area contributed by atoms with E-state index in [1.54, 1.807) is 26.2 Å². The molecule has 4 atom stereocenters. The molecule has 4 rings (SSSR count). The molecular weight excluding hydrogens is 525 g/mol. The van der Waals surface area contributed by atoms with E-state index >= 15 is 0 Å². The highest BCUT2D eigenvalue weighted by Crippen LogP contribution is 2.32. The van der Waals surface area contributed by atoms with Crippen molar-refractivity contribution in [3.05, 3.63) is 58.7 Å². The van der Waals surface area contributed by atoms with Crippen LogP contribution in [0.25, 0.3) is 0 Å². The number of nitrogens with zero attached hydrogens (tertiary/aromatic N) is 2. The van der Waals surface area contributed by atoms with Gasteiger partial charge in [0.2, 0.25) is 0 Å². The van der Waals surface area contributed by atoms with Gasteiger partial charge in [0.1, 0.15) is 11.5 Å². The summed E-state index contributed by atoms with van der Waals surface area (Å²) in [6, 6.07) is 5.89. The molecule has 226 valence electrons. The van der Waals surface area contributed by atoms with E-state index < -0.39 is 0 Å². The number of aryl methyl sites for hydroxylation is 1. The zero-order valence-corrected chi connectivity index (χ0v) is 24.7. The Balaban J connectivity index is 1.30. The maximum Gasteiger partial charge on any atom is 0.272 e. The molecule has 0 spiro atoms. The lowest BCUT2D eigenvalue weighted by molar-refractivity contribution is -0.128. The third-order valence-corrected chi connectivity index (χ3v) is 8.51. The Hall–Kier alpha value is -2.79. The molecule has 0 saturated carbocycles. The summed E-state index contributed by atoms with van der Waals surface area (Å²) in [6.07, 6.45) is 6.36. The summed E-state index contributed by atoms with van der Waals surface area (Å²) in [4.78, 5) is 19.6.